The number of halogens is 4. The van der Waals surface area contributed by atoms with Crippen LogP contribution in [0.1, 0.15) is 18.3 Å². The van der Waals surface area contributed by atoms with Gasteiger partial charge in [-0.2, -0.15) is 0 Å². The monoisotopic (exact) mass is 376 g/mol. The topological polar surface area (TPSA) is 25.8 Å². The van der Waals surface area contributed by atoms with Crippen LogP contribution in [0.3, 0.4) is 0 Å². The molecule has 1 aromatic heterocycles. The predicted octanol–water partition coefficient (Wildman–Crippen LogP) is 5.58. The molecule has 0 amide bonds. The second-order valence-corrected chi connectivity index (χ2v) is 8.86. The van der Waals surface area contributed by atoms with Crippen LogP contribution in [-0.4, -0.2) is 18.5 Å². The summed E-state index contributed by atoms with van der Waals surface area (Å²) in [5.41, 5.74) is 1.83. The third-order valence-electron chi connectivity index (χ3n) is 1.93. The quantitative estimate of drug-likeness (QED) is 0.279. The van der Waals surface area contributed by atoms with Crippen molar-refractivity contribution >= 4 is 68.0 Å². The van der Waals surface area contributed by atoms with E-state index < -0.39 is 8.50 Å². The first-order valence-corrected chi connectivity index (χ1v) is 9.10. The fourth-order valence-corrected chi connectivity index (χ4v) is 3.93. The Morgan fingerprint density at radius 1 is 1.37 bits per heavy atom. The van der Waals surface area contributed by atoms with Gasteiger partial charge in [-0.3, -0.25) is 0 Å². The van der Waals surface area contributed by atoms with E-state index in [4.69, 9.17) is 46.4 Å². The molecule has 0 saturated heterocycles. The second kappa shape index (κ2) is 8.20. The maximum Gasteiger partial charge on any atom is 0.203 e. The molecule has 0 bridgehead atoms. The minimum Gasteiger partial charge on any atom is -0.227 e. The normalized spacial score (nSPS) is 12.6. The fraction of sp³-hybridized carbons (Fsp3) is 0.455. The Morgan fingerprint density at radius 3 is 2.63 bits per heavy atom. The van der Waals surface area contributed by atoms with E-state index >= 15 is 0 Å². The van der Waals surface area contributed by atoms with Gasteiger partial charge in [-0.1, -0.05) is 35.4 Å². The summed E-state index contributed by atoms with van der Waals surface area (Å²) in [6, 6.07) is 1.94. The summed E-state index contributed by atoms with van der Waals surface area (Å²) in [6.07, 6.45) is 4.77. The van der Waals surface area contributed by atoms with Gasteiger partial charge >= 0.3 is 0 Å². The van der Waals surface area contributed by atoms with Crippen LogP contribution < -0.4 is 0 Å². The van der Waals surface area contributed by atoms with Gasteiger partial charge in [0.05, 0.1) is 0 Å². The van der Waals surface area contributed by atoms with Gasteiger partial charge in [0.2, 0.25) is 3.67 Å². The highest BCUT2D eigenvalue weighted by Crippen LogP contribution is 2.50. The Balaban J connectivity index is 2.76. The first-order valence-electron chi connectivity index (χ1n) is 5.32. The molecule has 2 nitrogen and oxygen atoms in total. The first-order chi connectivity index (χ1) is 8.85. The van der Waals surface area contributed by atoms with Crippen molar-refractivity contribution in [3.05, 3.63) is 29.6 Å². The summed E-state index contributed by atoms with van der Waals surface area (Å²) in [6.45, 7) is 3.88. The Bertz CT molecular complexity index is 452. The van der Waals surface area contributed by atoms with Gasteiger partial charge < -0.3 is 0 Å². The minimum absolute atomic E-state index is 0.587. The van der Waals surface area contributed by atoms with Gasteiger partial charge in [0.15, 0.2) is 9.99 Å². The zero-order valence-electron chi connectivity index (χ0n) is 10.2. The van der Waals surface area contributed by atoms with E-state index in [1.165, 1.54) is 10.8 Å². The Hall–Kier alpha value is 0.680. The lowest BCUT2D eigenvalue weighted by Gasteiger charge is -2.18. The summed E-state index contributed by atoms with van der Waals surface area (Å²) in [4.78, 5) is 7.82. The van der Waals surface area contributed by atoms with Crippen LogP contribution in [0.25, 0.3) is 0 Å². The lowest BCUT2D eigenvalue weighted by Crippen LogP contribution is -2.15. The van der Waals surface area contributed by atoms with Gasteiger partial charge in [0, 0.05) is 17.8 Å². The molecule has 1 heterocycles. The number of rotatable bonds is 6. The average molecular weight is 378 g/mol. The SMILES string of the molecule is CC=CCc1cc(C)nc(SSC(Cl)(Cl)C(Cl)Cl)n1. The number of aryl methyl sites for hydroxylation is 1. The van der Waals surface area contributed by atoms with E-state index in [-0.39, 0.29) is 0 Å². The van der Waals surface area contributed by atoms with E-state index in [1.54, 1.807) is 0 Å². The second-order valence-electron chi connectivity index (χ2n) is 3.59. The summed E-state index contributed by atoms with van der Waals surface area (Å²) in [5.74, 6) is 0. The molecular weight excluding hydrogens is 366 g/mol. The molecule has 8 heteroatoms. The lowest BCUT2D eigenvalue weighted by molar-refractivity contribution is 0.887. The maximum absolute atomic E-state index is 5.96. The van der Waals surface area contributed by atoms with Gasteiger partial charge in [-0.05, 0) is 41.5 Å². The zero-order chi connectivity index (χ0) is 14.5. The molecule has 0 aromatic carbocycles. The molecule has 0 aliphatic rings. The van der Waals surface area contributed by atoms with Gasteiger partial charge in [0.25, 0.3) is 0 Å². The Kier molecular flexibility index (Phi) is 7.65. The van der Waals surface area contributed by atoms with Gasteiger partial charge in [0.1, 0.15) is 0 Å². The largest absolute Gasteiger partial charge is 0.227 e. The molecule has 0 unspecified atom stereocenters. The first kappa shape index (κ1) is 17.7. The molecule has 0 spiro atoms. The minimum atomic E-state index is -1.30. The van der Waals surface area contributed by atoms with E-state index in [1.807, 2.05) is 32.1 Å². The molecule has 1 rings (SSSR count). The smallest absolute Gasteiger partial charge is 0.203 e. The van der Waals surface area contributed by atoms with Crippen LogP contribution in [-0.2, 0) is 6.42 Å². The number of nitrogens with zero attached hydrogens (tertiary/aromatic N) is 2. The molecule has 0 aliphatic carbocycles. The molecule has 0 saturated carbocycles. The number of hydrogen-bond donors (Lipinski definition) is 0. The van der Waals surface area contributed by atoms with Crippen molar-refractivity contribution in [3.8, 4) is 0 Å². The Morgan fingerprint density at radius 2 is 2.05 bits per heavy atom. The van der Waals surface area contributed by atoms with Crippen molar-refractivity contribution in [1.29, 1.82) is 0 Å². The summed E-state index contributed by atoms with van der Waals surface area (Å²) in [7, 11) is 2.38. The molecule has 0 N–H and O–H groups in total. The molecule has 0 fully saturated rings. The predicted molar refractivity (Wildman–Crippen MR) is 88.7 cm³/mol. The highest BCUT2D eigenvalue weighted by Gasteiger charge is 2.34. The van der Waals surface area contributed by atoms with Crippen LogP contribution in [0.5, 0.6) is 0 Å². The lowest BCUT2D eigenvalue weighted by atomic mass is 10.2. The molecule has 1 aromatic rings. The van der Waals surface area contributed by atoms with Crippen LogP contribution in [0.15, 0.2) is 23.4 Å². The highest BCUT2D eigenvalue weighted by atomic mass is 35.5. The fourth-order valence-electron chi connectivity index (χ4n) is 1.11. The molecule has 0 atom stereocenters. The molecule has 106 valence electrons. The number of hydrogen-bond acceptors (Lipinski definition) is 4. The summed E-state index contributed by atoms with van der Waals surface area (Å²) < 4.78 is -1.30. The number of aromatic nitrogens is 2. The third-order valence-corrected chi connectivity index (χ3v) is 7.10. The van der Waals surface area contributed by atoms with Crippen molar-refractivity contribution in [3.63, 3.8) is 0 Å². The van der Waals surface area contributed by atoms with E-state index in [0.29, 0.717) is 5.16 Å². The van der Waals surface area contributed by atoms with Crippen molar-refractivity contribution < 1.29 is 0 Å². The van der Waals surface area contributed by atoms with Crippen molar-refractivity contribution in [1.82, 2.24) is 9.97 Å². The third kappa shape index (κ3) is 6.32. The van der Waals surface area contributed by atoms with Crippen LogP contribution in [0, 0.1) is 6.92 Å². The molecule has 0 aliphatic heterocycles. The van der Waals surface area contributed by atoms with Crippen LogP contribution in [0.4, 0.5) is 0 Å². The van der Waals surface area contributed by atoms with Gasteiger partial charge in [-0.15, -0.1) is 23.2 Å². The van der Waals surface area contributed by atoms with E-state index in [9.17, 15) is 0 Å². The van der Waals surface area contributed by atoms with Crippen molar-refractivity contribution in [2.24, 2.45) is 0 Å². The van der Waals surface area contributed by atoms with Crippen molar-refractivity contribution in [2.45, 2.75) is 33.9 Å². The van der Waals surface area contributed by atoms with Crippen molar-refractivity contribution in [2.75, 3.05) is 0 Å². The number of allylic oxidation sites excluding steroid dienone is 2. The number of alkyl halides is 4. The van der Waals surface area contributed by atoms with Gasteiger partial charge in [-0.25, -0.2) is 9.97 Å². The van der Waals surface area contributed by atoms with Crippen LogP contribution >= 0.6 is 68.0 Å². The summed E-state index contributed by atoms with van der Waals surface area (Å²) >= 11 is 23.3. The average Bonchev–Trinajstić information content (AvgIpc) is 2.33. The maximum atomic E-state index is 5.96. The highest BCUT2D eigenvalue weighted by molar-refractivity contribution is 8.77. The molecule has 0 radical (unpaired) electrons. The van der Waals surface area contributed by atoms with E-state index in [0.717, 1.165) is 28.6 Å². The Labute approximate surface area is 141 Å². The van der Waals surface area contributed by atoms with Crippen LogP contribution in [0.2, 0.25) is 0 Å². The molecule has 19 heavy (non-hydrogen) atoms. The summed E-state index contributed by atoms with van der Waals surface area (Å²) in [5, 5.41) is 0.587. The zero-order valence-corrected chi connectivity index (χ0v) is 14.9. The van der Waals surface area contributed by atoms with E-state index in [2.05, 4.69) is 9.97 Å². The molecular formula is C11H12Cl4N2S2. The standard InChI is InChI=1S/C11H12Cl4N2S2/c1-3-4-5-8-6-7(2)16-10(17-8)18-19-11(14,15)9(12)13/h3-4,6,9H,5H2,1-2H3.